The fourth-order valence-electron chi connectivity index (χ4n) is 2.50. The van der Waals surface area contributed by atoms with Crippen molar-refractivity contribution in [3.05, 3.63) is 47.5 Å². The smallest absolute Gasteiger partial charge is 0.257 e. The highest BCUT2D eigenvalue weighted by molar-refractivity contribution is 7.89. The lowest BCUT2D eigenvalue weighted by Gasteiger charge is -2.10. The van der Waals surface area contributed by atoms with E-state index in [1.165, 1.54) is 42.8 Å². The van der Waals surface area contributed by atoms with Gasteiger partial charge in [-0.25, -0.2) is 22.7 Å². The first kappa shape index (κ1) is 18.0. The van der Waals surface area contributed by atoms with Gasteiger partial charge in [-0.2, -0.15) is 0 Å². The van der Waals surface area contributed by atoms with Gasteiger partial charge in [0.05, 0.1) is 30.8 Å². The van der Waals surface area contributed by atoms with Crippen LogP contribution in [-0.4, -0.2) is 42.7 Å². The Morgan fingerprint density at radius 3 is 2.63 bits per heavy atom. The minimum absolute atomic E-state index is 0.192. The minimum atomic E-state index is -3.52. The number of benzene rings is 2. The maximum Gasteiger partial charge on any atom is 0.257 e. The van der Waals surface area contributed by atoms with Crippen molar-refractivity contribution in [1.29, 1.82) is 0 Å². The number of anilines is 1. The number of carbonyl (C=O) groups is 1. The number of hydrogen-bond acceptors (Lipinski definition) is 7. The van der Waals surface area contributed by atoms with E-state index in [0.29, 0.717) is 20.9 Å². The summed E-state index contributed by atoms with van der Waals surface area (Å²) >= 11 is 2.70. The Morgan fingerprint density at radius 1 is 1.07 bits per heavy atom. The molecule has 0 spiro atoms. The van der Waals surface area contributed by atoms with E-state index in [4.69, 9.17) is 0 Å². The van der Waals surface area contributed by atoms with Gasteiger partial charge in [-0.15, -0.1) is 11.3 Å². The molecule has 138 valence electrons. The van der Waals surface area contributed by atoms with Crippen LogP contribution in [0.3, 0.4) is 0 Å². The van der Waals surface area contributed by atoms with E-state index in [0.717, 1.165) is 14.5 Å². The Bertz CT molecular complexity index is 1280. The topological polar surface area (TPSA) is 92.3 Å². The standard InChI is InChI=1S/C17H14N4O3S3/c1-21(2)27(23,24)11-4-6-13-15(8-11)26-17(19-13)20-16(22)10-3-5-12-14(7-10)25-9-18-12/h3-9H,1-2H3,(H,19,20,22). The normalized spacial score (nSPS) is 12.1. The van der Waals surface area contributed by atoms with Crippen LogP contribution in [0.4, 0.5) is 5.13 Å². The second-order valence-corrected chi connectivity index (χ2v) is 9.99. The van der Waals surface area contributed by atoms with Crippen molar-refractivity contribution in [2.75, 3.05) is 19.4 Å². The number of nitrogens with zero attached hydrogens (tertiary/aromatic N) is 3. The highest BCUT2D eigenvalue weighted by Crippen LogP contribution is 2.29. The van der Waals surface area contributed by atoms with E-state index < -0.39 is 10.0 Å². The molecule has 0 aliphatic rings. The second kappa shape index (κ2) is 6.64. The zero-order valence-corrected chi connectivity index (χ0v) is 16.8. The van der Waals surface area contributed by atoms with Crippen LogP contribution < -0.4 is 5.32 Å². The number of amides is 1. The Kier molecular flexibility index (Phi) is 4.42. The van der Waals surface area contributed by atoms with Gasteiger partial charge in [0.1, 0.15) is 0 Å². The minimum Gasteiger partial charge on any atom is -0.298 e. The first-order chi connectivity index (χ1) is 12.8. The average molecular weight is 419 g/mol. The SMILES string of the molecule is CN(C)S(=O)(=O)c1ccc2nc(NC(=O)c3ccc4ncsc4c3)sc2c1. The number of carbonyl (C=O) groups excluding carboxylic acids is 1. The molecule has 10 heteroatoms. The molecule has 2 heterocycles. The Morgan fingerprint density at radius 2 is 1.85 bits per heavy atom. The molecule has 0 saturated carbocycles. The third-order valence-electron chi connectivity index (χ3n) is 3.95. The van der Waals surface area contributed by atoms with Crippen LogP contribution in [0.1, 0.15) is 10.4 Å². The van der Waals surface area contributed by atoms with Crippen molar-refractivity contribution in [2.24, 2.45) is 0 Å². The van der Waals surface area contributed by atoms with Crippen molar-refractivity contribution in [3.8, 4) is 0 Å². The monoisotopic (exact) mass is 418 g/mol. The molecule has 7 nitrogen and oxygen atoms in total. The molecule has 2 aromatic carbocycles. The molecule has 4 aromatic rings. The predicted octanol–water partition coefficient (Wildman–Crippen LogP) is 3.41. The molecule has 0 saturated heterocycles. The summed E-state index contributed by atoms with van der Waals surface area (Å²) in [6, 6.07) is 10.0. The summed E-state index contributed by atoms with van der Waals surface area (Å²) in [4.78, 5) is 21.3. The summed E-state index contributed by atoms with van der Waals surface area (Å²) in [5.74, 6) is -0.273. The number of rotatable bonds is 4. The molecular weight excluding hydrogens is 404 g/mol. The number of thiazole rings is 2. The summed E-state index contributed by atoms with van der Waals surface area (Å²) < 4.78 is 27.3. The van der Waals surface area contributed by atoms with Gasteiger partial charge in [0.15, 0.2) is 5.13 Å². The molecule has 2 aromatic heterocycles. The molecular formula is C17H14N4O3S3. The molecule has 0 bridgehead atoms. The molecule has 4 rings (SSSR count). The van der Waals surface area contributed by atoms with Gasteiger partial charge in [-0.05, 0) is 36.4 Å². The highest BCUT2D eigenvalue weighted by atomic mass is 32.2. The summed E-state index contributed by atoms with van der Waals surface area (Å²) in [6.45, 7) is 0. The maximum atomic E-state index is 12.5. The third kappa shape index (κ3) is 3.32. The summed E-state index contributed by atoms with van der Waals surface area (Å²) in [5.41, 5.74) is 3.73. The van der Waals surface area contributed by atoms with Crippen molar-refractivity contribution in [2.45, 2.75) is 4.90 Å². The molecule has 27 heavy (non-hydrogen) atoms. The Labute approximate surface area is 163 Å². The highest BCUT2D eigenvalue weighted by Gasteiger charge is 2.19. The molecule has 0 atom stereocenters. The quantitative estimate of drug-likeness (QED) is 0.548. The van der Waals surface area contributed by atoms with E-state index in [1.807, 2.05) is 0 Å². The van der Waals surface area contributed by atoms with E-state index in [1.54, 1.807) is 35.8 Å². The summed E-state index contributed by atoms with van der Waals surface area (Å²) in [7, 11) is -0.552. The van der Waals surface area contributed by atoms with Crippen LogP contribution >= 0.6 is 22.7 Å². The van der Waals surface area contributed by atoms with E-state index in [-0.39, 0.29) is 10.8 Å². The lowest BCUT2D eigenvalue weighted by Crippen LogP contribution is -2.22. The number of fused-ring (bicyclic) bond motifs is 2. The van der Waals surface area contributed by atoms with Crippen LogP contribution in [0.15, 0.2) is 46.8 Å². The van der Waals surface area contributed by atoms with Gasteiger partial charge >= 0.3 is 0 Å². The first-order valence-electron chi connectivity index (χ1n) is 7.82. The van der Waals surface area contributed by atoms with Crippen LogP contribution in [0.2, 0.25) is 0 Å². The lowest BCUT2D eigenvalue weighted by molar-refractivity contribution is 0.102. The number of aromatic nitrogens is 2. The first-order valence-corrected chi connectivity index (χ1v) is 11.0. The lowest BCUT2D eigenvalue weighted by atomic mass is 10.2. The predicted molar refractivity (Wildman–Crippen MR) is 108 cm³/mol. The van der Waals surface area contributed by atoms with Crippen molar-refractivity contribution < 1.29 is 13.2 Å². The largest absolute Gasteiger partial charge is 0.298 e. The maximum absolute atomic E-state index is 12.5. The van der Waals surface area contributed by atoms with Crippen molar-refractivity contribution in [1.82, 2.24) is 14.3 Å². The zero-order valence-electron chi connectivity index (χ0n) is 14.3. The van der Waals surface area contributed by atoms with Crippen molar-refractivity contribution >= 4 is 64.2 Å². The molecule has 0 aliphatic carbocycles. The second-order valence-electron chi connectivity index (χ2n) is 5.92. The molecule has 0 radical (unpaired) electrons. The molecule has 1 amide bonds. The van der Waals surface area contributed by atoms with E-state index in [9.17, 15) is 13.2 Å². The number of hydrogen-bond donors (Lipinski definition) is 1. The van der Waals surface area contributed by atoms with Crippen LogP contribution in [0, 0.1) is 0 Å². The fourth-order valence-corrected chi connectivity index (χ4v) is 5.11. The summed E-state index contributed by atoms with van der Waals surface area (Å²) in [5, 5.41) is 3.19. The van der Waals surface area contributed by atoms with Gasteiger partial charge in [-0.3, -0.25) is 10.1 Å². The fraction of sp³-hybridized carbons (Fsp3) is 0.118. The van der Waals surface area contributed by atoms with Crippen molar-refractivity contribution in [3.63, 3.8) is 0 Å². The van der Waals surface area contributed by atoms with Gasteiger partial charge < -0.3 is 0 Å². The average Bonchev–Trinajstić information content (AvgIpc) is 3.25. The number of sulfonamides is 1. The van der Waals surface area contributed by atoms with Crippen LogP contribution in [-0.2, 0) is 10.0 Å². The zero-order chi connectivity index (χ0) is 19.2. The Balaban J connectivity index is 1.63. The van der Waals surface area contributed by atoms with Gasteiger partial charge in [0, 0.05) is 19.7 Å². The van der Waals surface area contributed by atoms with E-state index in [2.05, 4.69) is 15.3 Å². The van der Waals surface area contributed by atoms with Crippen LogP contribution in [0.25, 0.3) is 20.4 Å². The van der Waals surface area contributed by atoms with Gasteiger partial charge in [0.25, 0.3) is 5.91 Å². The van der Waals surface area contributed by atoms with Gasteiger partial charge in [-0.1, -0.05) is 11.3 Å². The number of nitrogens with one attached hydrogen (secondary N) is 1. The van der Waals surface area contributed by atoms with E-state index >= 15 is 0 Å². The Hall–Kier alpha value is -2.40. The molecule has 0 aliphatic heterocycles. The molecule has 0 fully saturated rings. The van der Waals surface area contributed by atoms with Gasteiger partial charge in [0.2, 0.25) is 10.0 Å². The summed E-state index contributed by atoms with van der Waals surface area (Å²) in [6.07, 6.45) is 0. The molecule has 0 unspecified atom stereocenters. The molecule has 1 N–H and O–H groups in total. The third-order valence-corrected chi connectivity index (χ3v) is 7.49. The van der Waals surface area contributed by atoms with Crippen LogP contribution in [0.5, 0.6) is 0 Å².